The summed E-state index contributed by atoms with van der Waals surface area (Å²) in [6.07, 6.45) is 0. The van der Waals surface area contributed by atoms with E-state index in [1.165, 1.54) is 0 Å². The lowest BCUT2D eigenvalue weighted by atomic mass is 10.2. The highest BCUT2D eigenvalue weighted by atomic mass is 16.2. The van der Waals surface area contributed by atoms with Gasteiger partial charge in [-0.1, -0.05) is 13.8 Å². The van der Waals surface area contributed by atoms with Crippen LogP contribution >= 0.6 is 0 Å². The zero-order valence-corrected chi connectivity index (χ0v) is 11.5. The molecule has 2 heterocycles. The van der Waals surface area contributed by atoms with E-state index in [9.17, 15) is 4.79 Å². The Balaban J connectivity index is 2.06. The van der Waals surface area contributed by atoms with Gasteiger partial charge >= 0.3 is 0 Å². The molecule has 1 aromatic heterocycles. The molecule has 0 bridgehead atoms. The second-order valence-electron chi connectivity index (χ2n) is 5.28. The maximum absolute atomic E-state index is 12.3. The van der Waals surface area contributed by atoms with Crippen LogP contribution in [0.1, 0.15) is 43.1 Å². The van der Waals surface area contributed by atoms with E-state index in [4.69, 9.17) is 0 Å². The average Bonchev–Trinajstić information content (AvgIpc) is 2.81. The van der Waals surface area contributed by atoms with Crippen LogP contribution in [0, 0.1) is 0 Å². The lowest BCUT2D eigenvalue weighted by Crippen LogP contribution is -2.52. The summed E-state index contributed by atoms with van der Waals surface area (Å²) in [7, 11) is 2.08. The predicted octanol–water partition coefficient (Wildman–Crippen LogP) is 0.704. The molecular formula is C12H21N5O. The van der Waals surface area contributed by atoms with Crippen molar-refractivity contribution >= 4 is 5.91 Å². The van der Waals surface area contributed by atoms with Crippen molar-refractivity contribution in [1.29, 1.82) is 0 Å². The van der Waals surface area contributed by atoms with E-state index in [2.05, 4.69) is 34.1 Å². The zero-order valence-electron chi connectivity index (χ0n) is 11.5. The number of amides is 1. The minimum Gasteiger partial charge on any atom is -0.333 e. The average molecular weight is 251 g/mol. The number of aromatic amines is 1. The van der Waals surface area contributed by atoms with Crippen LogP contribution in [0.3, 0.4) is 0 Å². The summed E-state index contributed by atoms with van der Waals surface area (Å²) in [5, 5.41) is 6.84. The van der Waals surface area contributed by atoms with E-state index in [1.807, 2.05) is 18.7 Å². The Kier molecular flexibility index (Phi) is 3.65. The van der Waals surface area contributed by atoms with Crippen LogP contribution in [0.15, 0.2) is 0 Å². The number of piperazine rings is 1. The lowest BCUT2D eigenvalue weighted by Gasteiger charge is -2.37. The molecule has 1 saturated heterocycles. The molecule has 1 amide bonds. The number of hydrogen-bond acceptors (Lipinski definition) is 4. The first kappa shape index (κ1) is 13.0. The van der Waals surface area contributed by atoms with Crippen LogP contribution in [-0.4, -0.2) is 63.6 Å². The summed E-state index contributed by atoms with van der Waals surface area (Å²) < 4.78 is 0. The molecule has 1 N–H and O–H groups in total. The Morgan fingerprint density at radius 1 is 1.44 bits per heavy atom. The van der Waals surface area contributed by atoms with Crippen molar-refractivity contribution < 1.29 is 4.79 Å². The monoisotopic (exact) mass is 251 g/mol. The van der Waals surface area contributed by atoms with Crippen LogP contribution in [0.4, 0.5) is 0 Å². The number of hydrogen-bond donors (Lipinski definition) is 1. The fourth-order valence-corrected chi connectivity index (χ4v) is 2.00. The molecule has 0 aliphatic carbocycles. The standard InChI is InChI=1S/C12H21N5O/c1-8(2)10-13-11(15-14-10)12(18)17-6-5-16(4)9(3)7-17/h8-9H,5-7H2,1-4H3,(H,13,14,15). The van der Waals surface area contributed by atoms with Gasteiger partial charge in [0.25, 0.3) is 5.91 Å². The fourth-order valence-electron chi connectivity index (χ4n) is 2.00. The van der Waals surface area contributed by atoms with Gasteiger partial charge in [-0.2, -0.15) is 0 Å². The Hall–Kier alpha value is -1.43. The van der Waals surface area contributed by atoms with Crippen LogP contribution in [0.5, 0.6) is 0 Å². The minimum absolute atomic E-state index is 0.0712. The van der Waals surface area contributed by atoms with Crippen LogP contribution in [-0.2, 0) is 0 Å². The first-order valence-corrected chi connectivity index (χ1v) is 6.41. The first-order chi connectivity index (χ1) is 8.49. The molecule has 1 aliphatic heterocycles. The number of carbonyl (C=O) groups excluding carboxylic acids is 1. The van der Waals surface area contributed by atoms with Crippen LogP contribution in [0.2, 0.25) is 0 Å². The Morgan fingerprint density at radius 2 is 2.17 bits per heavy atom. The van der Waals surface area contributed by atoms with Crippen molar-refractivity contribution in [2.45, 2.75) is 32.7 Å². The molecule has 0 aromatic carbocycles. The molecule has 1 fully saturated rings. The third-order valence-corrected chi connectivity index (χ3v) is 3.49. The van der Waals surface area contributed by atoms with Crippen molar-refractivity contribution in [3.05, 3.63) is 11.6 Å². The SMILES string of the molecule is CC(C)c1nc(C(=O)N2CCN(C)C(C)C2)n[nH]1. The van der Waals surface area contributed by atoms with E-state index >= 15 is 0 Å². The van der Waals surface area contributed by atoms with Crippen LogP contribution in [0.25, 0.3) is 0 Å². The summed E-state index contributed by atoms with van der Waals surface area (Å²) >= 11 is 0. The van der Waals surface area contributed by atoms with Gasteiger partial charge in [0.05, 0.1) is 0 Å². The first-order valence-electron chi connectivity index (χ1n) is 6.41. The molecule has 0 radical (unpaired) electrons. The molecule has 1 unspecified atom stereocenters. The lowest BCUT2D eigenvalue weighted by molar-refractivity contribution is 0.0561. The van der Waals surface area contributed by atoms with Crippen molar-refractivity contribution in [2.24, 2.45) is 0 Å². The van der Waals surface area contributed by atoms with Crippen molar-refractivity contribution in [3.63, 3.8) is 0 Å². The Bertz CT molecular complexity index is 428. The number of aromatic nitrogens is 3. The highest BCUT2D eigenvalue weighted by Crippen LogP contribution is 2.12. The summed E-state index contributed by atoms with van der Waals surface area (Å²) in [5.41, 5.74) is 0. The van der Waals surface area contributed by atoms with Crippen molar-refractivity contribution in [2.75, 3.05) is 26.7 Å². The molecular weight excluding hydrogens is 230 g/mol. The van der Waals surface area contributed by atoms with Crippen molar-refractivity contribution in [3.8, 4) is 0 Å². The van der Waals surface area contributed by atoms with Crippen molar-refractivity contribution in [1.82, 2.24) is 25.0 Å². The number of nitrogens with one attached hydrogen (secondary N) is 1. The summed E-state index contributed by atoms with van der Waals surface area (Å²) in [6.45, 7) is 8.54. The molecule has 6 heteroatoms. The van der Waals surface area contributed by atoms with Gasteiger partial charge in [0.15, 0.2) is 0 Å². The predicted molar refractivity (Wildman–Crippen MR) is 68.5 cm³/mol. The third kappa shape index (κ3) is 2.53. The van der Waals surface area contributed by atoms with E-state index in [0.717, 1.165) is 25.5 Å². The van der Waals surface area contributed by atoms with Gasteiger partial charge in [0, 0.05) is 31.6 Å². The number of rotatable bonds is 2. The van der Waals surface area contributed by atoms with Gasteiger partial charge < -0.3 is 9.80 Å². The number of carbonyl (C=O) groups is 1. The van der Waals surface area contributed by atoms with Gasteiger partial charge in [0.1, 0.15) is 5.82 Å². The molecule has 1 aliphatic rings. The van der Waals surface area contributed by atoms with E-state index in [1.54, 1.807) is 0 Å². The zero-order chi connectivity index (χ0) is 13.3. The summed E-state index contributed by atoms with van der Waals surface area (Å²) in [5.74, 6) is 1.24. The molecule has 18 heavy (non-hydrogen) atoms. The van der Waals surface area contributed by atoms with Crippen LogP contribution < -0.4 is 0 Å². The molecule has 0 saturated carbocycles. The highest BCUT2D eigenvalue weighted by Gasteiger charge is 2.27. The maximum Gasteiger partial charge on any atom is 0.293 e. The molecule has 2 rings (SSSR count). The van der Waals surface area contributed by atoms with E-state index in [0.29, 0.717) is 6.04 Å². The molecule has 100 valence electrons. The molecule has 1 atom stereocenters. The van der Waals surface area contributed by atoms with E-state index in [-0.39, 0.29) is 17.6 Å². The number of likely N-dealkylation sites (N-methyl/N-ethyl adjacent to an activating group) is 1. The second-order valence-corrected chi connectivity index (χ2v) is 5.28. The normalized spacial score (nSPS) is 21.6. The van der Waals surface area contributed by atoms with Gasteiger partial charge in [-0.15, -0.1) is 5.10 Å². The highest BCUT2D eigenvalue weighted by molar-refractivity contribution is 5.90. The summed E-state index contributed by atoms with van der Waals surface area (Å²) in [4.78, 5) is 20.6. The van der Waals surface area contributed by atoms with E-state index < -0.39 is 0 Å². The molecule has 1 aromatic rings. The quantitative estimate of drug-likeness (QED) is 0.840. The maximum atomic E-state index is 12.3. The van der Waals surface area contributed by atoms with Gasteiger partial charge in [-0.3, -0.25) is 9.89 Å². The Morgan fingerprint density at radius 3 is 2.72 bits per heavy atom. The molecule has 6 nitrogen and oxygen atoms in total. The smallest absolute Gasteiger partial charge is 0.293 e. The number of nitrogens with zero attached hydrogens (tertiary/aromatic N) is 4. The topological polar surface area (TPSA) is 65.1 Å². The fraction of sp³-hybridized carbons (Fsp3) is 0.750. The summed E-state index contributed by atoms with van der Waals surface area (Å²) in [6, 6.07) is 0.381. The molecule has 0 spiro atoms. The third-order valence-electron chi connectivity index (χ3n) is 3.49. The Labute approximate surface area is 107 Å². The van der Waals surface area contributed by atoms with Gasteiger partial charge in [0.2, 0.25) is 5.82 Å². The number of H-pyrrole nitrogens is 1. The second kappa shape index (κ2) is 5.06. The largest absolute Gasteiger partial charge is 0.333 e. The van der Waals surface area contributed by atoms with Gasteiger partial charge in [-0.25, -0.2) is 4.98 Å². The van der Waals surface area contributed by atoms with Gasteiger partial charge in [-0.05, 0) is 14.0 Å². The minimum atomic E-state index is -0.0712.